The van der Waals surface area contributed by atoms with E-state index in [1.54, 1.807) is 25.3 Å². The maximum atomic E-state index is 12.9. The number of benzene rings is 2. The molecular formula is C26H27F2N5O2. The molecule has 1 aliphatic heterocycles. The van der Waals surface area contributed by atoms with Crippen LogP contribution in [-0.4, -0.2) is 52.4 Å². The van der Waals surface area contributed by atoms with Crippen LogP contribution in [0.15, 0.2) is 54.9 Å². The molecule has 2 aromatic carbocycles. The monoisotopic (exact) mass is 479 g/mol. The van der Waals surface area contributed by atoms with Crippen molar-refractivity contribution in [1.29, 1.82) is 0 Å². The smallest absolute Gasteiger partial charge is 0.387 e. The number of nitrogens with zero attached hydrogens (tertiary/aromatic N) is 5. The van der Waals surface area contributed by atoms with Gasteiger partial charge in [-0.1, -0.05) is 24.3 Å². The van der Waals surface area contributed by atoms with Crippen LogP contribution in [0, 0.1) is 6.92 Å². The number of aryl methyl sites for hydroxylation is 1. The molecule has 0 spiro atoms. The Morgan fingerprint density at radius 3 is 2.66 bits per heavy atom. The van der Waals surface area contributed by atoms with Gasteiger partial charge >= 0.3 is 6.61 Å². The summed E-state index contributed by atoms with van der Waals surface area (Å²) in [5.41, 5.74) is 4.23. The lowest BCUT2D eigenvalue weighted by molar-refractivity contribution is -0.0504. The quantitative estimate of drug-likeness (QED) is 0.352. The van der Waals surface area contributed by atoms with Crippen LogP contribution in [0.4, 0.5) is 14.7 Å². The first-order valence-electron chi connectivity index (χ1n) is 11.6. The van der Waals surface area contributed by atoms with Crippen molar-refractivity contribution in [1.82, 2.24) is 19.5 Å². The normalized spacial score (nSPS) is 15.9. The molecule has 35 heavy (non-hydrogen) atoms. The average Bonchev–Trinajstić information content (AvgIpc) is 3.44. The van der Waals surface area contributed by atoms with E-state index >= 15 is 0 Å². The number of para-hydroxylation sites is 1. The van der Waals surface area contributed by atoms with Crippen LogP contribution in [0.1, 0.15) is 24.2 Å². The van der Waals surface area contributed by atoms with Gasteiger partial charge in [-0.15, -0.1) is 0 Å². The Morgan fingerprint density at radius 1 is 1.09 bits per heavy atom. The van der Waals surface area contributed by atoms with Gasteiger partial charge in [-0.2, -0.15) is 8.78 Å². The molecule has 1 atom stereocenters. The Morgan fingerprint density at radius 2 is 1.89 bits per heavy atom. The van der Waals surface area contributed by atoms with Crippen molar-refractivity contribution >= 4 is 17.0 Å². The van der Waals surface area contributed by atoms with Crippen LogP contribution in [-0.2, 0) is 11.3 Å². The third kappa shape index (κ3) is 4.81. The fraction of sp³-hybridized carbons (Fsp3) is 0.346. The van der Waals surface area contributed by atoms with Gasteiger partial charge in [-0.25, -0.2) is 15.0 Å². The molecule has 1 saturated heterocycles. The van der Waals surface area contributed by atoms with E-state index in [2.05, 4.69) is 19.9 Å². The van der Waals surface area contributed by atoms with E-state index in [9.17, 15) is 8.78 Å². The molecule has 4 aromatic rings. The number of alkyl halides is 2. The van der Waals surface area contributed by atoms with Crippen molar-refractivity contribution in [3.8, 4) is 16.9 Å². The zero-order valence-corrected chi connectivity index (χ0v) is 19.7. The zero-order valence-electron chi connectivity index (χ0n) is 19.7. The summed E-state index contributed by atoms with van der Waals surface area (Å²) in [5.74, 6) is 1.66. The molecule has 9 heteroatoms. The van der Waals surface area contributed by atoms with E-state index in [1.807, 2.05) is 48.1 Å². The fourth-order valence-corrected chi connectivity index (χ4v) is 4.72. The second kappa shape index (κ2) is 9.95. The number of imidazole rings is 1. The van der Waals surface area contributed by atoms with Crippen LogP contribution in [0.5, 0.6) is 5.75 Å². The van der Waals surface area contributed by atoms with Gasteiger partial charge in [-0.3, -0.25) is 0 Å². The molecule has 0 aliphatic carbocycles. The topological polar surface area (TPSA) is 65.3 Å². The largest absolute Gasteiger partial charge is 0.434 e. The summed E-state index contributed by atoms with van der Waals surface area (Å²) in [7, 11) is 1.72. The van der Waals surface area contributed by atoms with E-state index in [0.717, 1.165) is 47.4 Å². The van der Waals surface area contributed by atoms with Crippen molar-refractivity contribution in [3.63, 3.8) is 0 Å². The maximum absolute atomic E-state index is 12.9. The van der Waals surface area contributed by atoms with Gasteiger partial charge in [0.15, 0.2) is 0 Å². The number of hydrogen-bond donors (Lipinski definition) is 0. The summed E-state index contributed by atoms with van der Waals surface area (Å²) in [6.07, 6.45) is 5.85. The summed E-state index contributed by atoms with van der Waals surface area (Å²) >= 11 is 0. The van der Waals surface area contributed by atoms with Crippen LogP contribution >= 0.6 is 0 Å². The predicted octanol–water partition coefficient (Wildman–Crippen LogP) is 5.07. The van der Waals surface area contributed by atoms with Crippen molar-refractivity contribution < 1.29 is 18.3 Å². The lowest BCUT2D eigenvalue weighted by atomic mass is 10.1. The molecule has 0 amide bonds. The maximum Gasteiger partial charge on any atom is 0.387 e. The molecule has 0 unspecified atom stereocenters. The summed E-state index contributed by atoms with van der Waals surface area (Å²) in [5, 5.41) is 0. The number of hydrogen-bond acceptors (Lipinski definition) is 6. The van der Waals surface area contributed by atoms with Crippen molar-refractivity contribution in [2.45, 2.75) is 39.0 Å². The molecule has 0 radical (unpaired) electrons. The Kier molecular flexibility index (Phi) is 6.59. The second-order valence-electron chi connectivity index (χ2n) is 8.65. The molecule has 0 saturated carbocycles. The minimum Gasteiger partial charge on any atom is -0.434 e. The van der Waals surface area contributed by atoms with E-state index in [4.69, 9.17) is 9.47 Å². The molecule has 7 nitrogen and oxygen atoms in total. The number of aromatic nitrogens is 4. The van der Waals surface area contributed by atoms with Gasteiger partial charge in [0.25, 0.3) is 0 Å². The summed E-state index contributed by atoms with van der Waals surface area (Å²) < 4.78 is 37.8. The third-order valence-electron chi connectivity index (χ3n) is 6.42. The first kappa shape index (κ1) is 23.2. The Balaban J connectivity index is 1.44. The molecule has 2 aromatic heterocycles. The average molecular weight is 480 g/mol. The second-order valence-corrected chi connectivity index (χ2v) is 8.65. The highest BCUT2D eigenvalue weighted by atomic mass is 19.3. The Hall–Kier alpha value is -3.59. The van der Waals surface area contributed by atoms with Crippen molar-refractivity contribution in [3.05, 3.63) is 66.2 Å². The van der Waals surface area contributed by atoms with Crippen LogP contribution < -0.4 is 9.64 Å². The van der Waals surface area contributed by atoms with E-state index in [1.165, 1.54) is 0 Å². The first-order chi connectivity index (χ1) is 17.0. The van der Waals surface area contributed by atoms with E-state index < -0.39 is 6.61 Å². The molecule has 1 fully saturated rings. The predicted molar refractivity (Wildman–Crippen MR) is 130 cm³/mol. The molecular weight excluding hydrogens is 452 g/mol. The molecule has 0 N–H and O–H groups in total. The van der Waals surface area contributed by atoms with Crippen LogP contribution in [0.2, 0.25) is 0 Å². The molecule has 3 heterocycles. The third-order valence-corrected chi connectivity index (χ3v) is 6.42. The minimum absolute atomic E-state index is 0.164. The van der Waals surface area contributed by atoms with Crippen molar-refractivity contribution in [2.24, 2.45) is 0 Å². The Labute approximate surface area is 202 Å². The summed E-state index contributed by atoms with van der Waals surface area (Å²) in [4.78, 5) is 16.1. The lowest BCUT2D eigenvalue weighted by Crippen LogP contribution is -2.34. The van der Waals surface area contributed by atoms with E-state index in [0.29, 0.717) is 30.7 Å². The standard InChI is InChI=1S/C26H27F2N5O2/c1-17-31-22-10-9-18(20-13-29-26(30-14-20)32-11-5-7-21(32)16-34-2)12-23(22)33(17)15-19-6-3-4-8-24(19)35-25(27)28/h3-4,6,8-10,12-14,21,25H,5,7,11,15-16H2,1-2H3/t21-/m0/s1. The highest BCUT2D eigenvalue weighted by Gasteiger charge is 2.26. The Bertz CT molecular complexity index is 1310. The number of ether oxygens (including phenoxy) is 2. The molecule has 182 valence electrons. The van der Waals surface area contributed by atoms with Crippen molar-refractivity contribution in [2.75, 3.05) is 25.2 Å². The number of halogens is 2. The highest BCUT2D eigenvalue weighted by molar-refractivity contribution is 5.82. The number of rotatable bonds is 8. The summed E-state index contributed by atoms with van der Waals surface area (Å²) in [6, 6.07) is 13.1. The van der Waals surface area contributed by atoms with Gasteiger partial charge in [0.1, 0.15) is 11.6 Å². The minimum atomic E-state index is -2.88. The zero-order chi connectivity index (χ0) is 24.4. The fourth-order valence-electron chi connectivity index (χ4n) is 4.72. The van der Waals surface area contributed by atoms with Gasteiger partial charge in [0.05, 0.1) is 30.2 Å². The summed E-state index contributed by atoms with van der Waals surface area (Å²) in [6.45, 7) is 0.975. The van der Waals surface area contributed by atoms with Gasteiger partial charge in [0.2, 0.25) is 5.95 Å². The highest BCUT2D eigenvalue weighted by Crippen LogP contribution is 2.29. The SMILES string of the molecule is COC[C@@H]1CCCN1c1ncc(-c2ccc3nc(C)n(Cc4ccccc4OC(F)F)c3c2)cn1. The molecule has 1 aliphatic rings. The number of fused-ring (bicyclic) bond motifs is 1. The lowest BCUT2D eigenvalue weighted by Gasteiger charge is -2.23. The van der Waals surface area contributed by atoms with Crippen LogP contribution in [0.25, 0.3) is 22.2 Å². The molecule has 0 bridgehead atoms. The van der Waals surface area contributed by atoms with Gasteiger partial charge < -0.3 is 18.9 Å². The van der Waals surface area contributed by atoms with Gasteiger partial charge in [0, 0.05) is 37.2 Å². The van der Waals surface area contributed by atoms with Crippen LogP contribution in [0.3, 0.4) is 0 Å². The first-order valence-corrected chi connectivity index (χ1v) is 11.6. The number of anilines is 1. The van der Waals surface area contributed by atoms with Gasteiger partial charge in [-0.05, 0) is 43.5 Å². The van der Waals surface area contributed by atoms with E-state index in [-0.39, 0.29) is 5.75 Å². The number of methoxy groups -OCH3 is 1. The molecule has 5 rings (SSSR count).